The number of aromatic nitrogens is 1. The third-order valence-corrected chi connectivity index (χ3v) is 7.43. The molecule has 5 nitrogen and oxygen atoms in total. The van der Waals surface area contributed by atoms with Crippen LogP contribution in [0.2, 0.25) is 0 Å². The van der Waals surface area contributed by atoms with E-state index >= 15 is 0 Å². The lowest BCUT2D eigenvalue weighted by Gasteiger charge is -2.40. The molecule has 1 saturated heterocycles. The van der Waals surface area contributed by atoms with Crippen LogP contribution in [0.1, 0.15) is 61.7 Å². The molecule has 0 spiro atoms. The number of anilines is 1. The van der Waals surface area contributed by atoms with E-state index in [0.29, 0.717) is 18.6 Å². The Morgan fingerprint density at radius 2 is 1.70 bits per heavy atom. The zero-order valence-corrected chi connectivity index (χ0v) is 23.2. The molecule has 2 aromatic carbocycles. The van der Waals surface area contributed by atoms with Crippen molar-refractivity contribution < 1.29 is 14.3 Å². The fraction of sp³-hybridized carbons (Fsp3) is 0.438. The van der Waals surface area contributed by atoms with Crippen molar-refractivity contribution in [1.82, 2.24) is 4.98 Å². The van der Waals surface area contributed by atoms with Crippen LogP contribution >= 0.6 is 0 Å². The van der Waals surface area contributed by atoms with Crippen molar-refractivity contribution in [3.8, 4) is 16.9 Å². The lowest BCUT2D eigenvalue weighted by molar-refractivity contribution is -0.142. The summed E-state index contributed by atoms with van der Waals surface area (Å²) in [6, 6.07) is 16.6. The van der Waals surface area contributed by atoms with Crippen molar-refractivity contribution in [2.24, 2.45) is 5.41 Å². The first kappa shape index (κ1) is 26.7. The molecule has 196 valence electrons. The maximum absolute atomic E-state index is 12.7. The van der Waals surface area contributed by atoms with Gasteiger partial charge in [-0.05, 0) is 68.7 Å². The van der Waals surface area contributed by atoms with Crippen molar-refractivity contribution in [3.05, 3.63) is 76.6 Å². The number of ether oxygens (including phenoxy) is 2. The van der Waals surface area contributed by atoms with E-state index in [1.165, 1.54) is 0 Å². The van der Waals surface area contributed by atoms with E-state index in [9.17, 15) is 4.79 Å². The average molecular weight is 501 g/mol. The molecule has 0 bridgehead atoms. The van der Waals surface area contributed by atoms with E-state index in [0.717, 1.165) is 76.6 Å². The van der Waals surface area contributed by atoms with Crippen LogP contribution in [0.15, 0.2) is 48.5 Å². The Morgan fingerprint density at radius 3 is 2.38 bits per heavy atom. The predicted octanol–water partition coefficient (Wildman–Crippen LogP) is 6.98. The number of piperidine rings is 1. The topological polar surface area (TPSA) is 51.7 Å². The molecule has 5 heteroatoms. The zero-order chi connectivity index (χ0) is 26.6. The summed E-state index contributed by atoms with van der Waals surface area (Å²) in [6.07, 6.45) is 2.43. The second-order valence-corrected chi connectivity index (χ2v) is 10.9. The minimum atomic E-state index is -0.211. The number of rotatable bonds is 8. The number of hydrogen-bond acceptors (Lipinski definition) is 5. The van der Waals surface area contributed by atoms with Gasteiger partial charge in [0.1, 0.15) is 12.4 Å². The molecule has 0 atom stereocenters. The lowest BCUT2D eigenvalue weighted by Crippen LogP contribution is -2.38. The molecule has 1 fully saturated rings. The number of pyridine rings is 1. The van der Waals surface area contributed by atoms with Crippen LogP contribution in [0, 0.1) is 26.2 Å². The minimum Gasteiger partial charge on any atom is -0.489 e. The monoisotopic (exact) mass is 500 g/mol. The second-order valence-electron chi connectivity index (χ2n) is 10.9. The van der Waals surface area contributed by atoms with Gasteiger partial charge in [0.05, 0.1) is 18.7 Å². The van der Waals surface area contributed by atoms with Crippen LogP contribution in [-0.4, -0.2) is 30.6 Å². The molecule has 3 aromatic rings. The highest BCUT2D eigenvalue weighted by Crippen LogP contribution is 2.42. The van der Waals surface area contributed by atoms with E-state index in [4.69, 9.17) is 14.5 Å². The van der Waals surface area contributed by atoms with Gasteiger partial charge in [-0.2, -0.15) is 0 Å². The van der Waals surface area contributed by atoms with Gasteiger partial charge in [-0.1, -0.05) is 56.3 Å². The lowest BCUT2D eigenvalue weighted by atomic mass is 9.82. The molecule has 1 aliphatic heterocycles. The maximum Gasteiger partial charge on any atom is 0.310 e. The van der Waals surface area contributed by atoms with Gasteiger partial charge in [-0.25, -0.2) is 0 Å². The number of nitrogens with zero attached hydrogens (tertiary/aromatic N) is 2. The predicted molar refractivity (Wildman–Crippen MR) is 150 cm³/mol. The van der Waals surface area contributed by atoms with Crippen LogP contribution in [0.5, 0.6) is 5.75 Å². The van der Waals surface area contributed by atoms with Crippen molar-refractivity contribution >= 4 is 11.7 Å². The molecule has 0 radical (unpaired) electrons. The van der Waals surface area contributed by atoms with Gasteiger partial charge >= 0.3 is 5.97 Å². The molecule has 1 aromatic heterocycles. The molecule has 0 amide bonds. The minimum absolute atomic E-state index is 0.211. The van der Waals surface area contributed by atoms with Crippen LogP contribution in [0.3, 0.4) is 0 Å². The largest absolute Gasteiger partial charge is 0.489 e. The van der Waals surface area contributed by atoms with Gasteiger partial charge < -0.3 is 14.4 Å². The Balaban J connectivity index is 1.79. The summed E-state index contributed by atoms with van der Waals surface area (Å²) in [4.78, 5) is 20.0. The summed E-state index contributed by atoms with van der Waals surface area (Å²) < 4.78 is 11.6. The number of hydrogen-bond donors (Lipinski definition) is 0. The second kappa shape index (κ2) is 11.4. The van der Waals surface area contributed by atoms with E-state index in [-0.39, 0.29) is 12.4 Å². The Morgan fingerprint density at radius 1 is 1.00 bits per heavy atom. The van der Waals surface area contributed by atoms with E-state index in [1.807, 2.05) is 32.0 Å². The van der Waals surface area contributed by atoms with Crippen molar-refractivity contribution in [2.45, 2.75) is 67.4 Å². The highest BCUT2D eigenvalue weighted by Gasteiger charge is 2.30. The number of aryl methyl sites for hydroxylation is 3. The molecule has 0 N–H and O–H groups in total. The van der Waals surface area contributed by atoms with E-state index in [2.05, 4.69) is 62.9 Å². The summed E-state index contributed by atoms with van der Waals surface area (Å²) in [7, 11) is 0. The SMILES string of the molecule is CCOC(=O)Cc1c(C)nc(C)c(-c2ccc(C)c(OCc3ccccc3)c2)c1N1CCC(C)(C)CC1. The Hall–Kier alpha value is -3.34. The first-order valence-electron chi connectivity index (χ1n) is 13.4. The van der Waals surface area contributed by atoms with Crippen molar-refractivity contribution in [3.63, 3.8) is 0 Å². The van der Waals surface area contributed by atoms with Gasteiger partial charge in [0.25, 0.3) is 0 Å². The molecule has 1 aliphatic rings. The smallest absolute Gasteiger partial charge is 0.310 e. The highest BCUT2D eigenvalue weighted by molar-refractivity contribution is 5.87. The number of carbonyl (C=O) groups is 1. The zero-order valence-electron chi connectivity index (χ0n) is 23.2. The van der Waals surface area contributed by atoms with Gasteiger partial charge in [-0.15, -0.1) is 0 Å². The molecule has 2 heterocycles. The van der Waals surface area contributed by atoms with E-state index in [1.54, 1.807) is 0 Å². The summed E-state index contributed by atoms with van der Waals surface area (Å²) in [5.41, 5.74) is 8.61. The third-order valence-electron chi connectivity index (χ3n) is 7.43. The molecule has 37 heavy (non-hydrogen) atoms. The molecule has 0 aliphatic carbocycles. The quantitative estimate of drug-likeness (QED) is 0.312. The number of esters is 1. The maximum atomic E-state index is 12.7. The summed E-state index contributed by atoms with van der Waals surface area (Å²) >= 11 is 0. The van der Waals surface area contributed by atoms with Crippen LogP contribution < -0.4 is 9.64 Å². The van der Waals surface area contributed by atoms with Gasteiger partial charge in [0.2, 0.25) is 0 Å². The van der Waals surface area contributed by atoms with Gasteiger partial charge in [-0.3, -0.25) is 9.78 Å². The van der Waals surface area contributed by atoms with Crippen molar-refractivity contribution in [2.75, 3.05) is 24.6 Å². The van der Waals surface area contributed by atoms with Gasteiger partial charge in [0, 0.05) is 35.6 Å². The average Bonchev–Trinajstić information content (AvgIpc) is 2.86. The Bertz CT molecular complexity index is 1240. The van der Waals surface area contributed by atoms with Gasteiger partial charge in [0.15, 0.2) is 0 Å². The van der Waals surface area contributed by atoms with Crippen LogP contribution in [0.4, 0.5) is 5.69 Å². The summed E-state index contributed by atoms with van der Waals surface area (Å²) in [5, 5.41) is 0. The molecular formula is C32H40N2O3. The Labute approximate surface area is 221 Å². The first-order valence-corrected chi connectivity index (χ1v) is 13.4. The molecule has 0 saturated carbocycles. The van der Waals surface area contributed by atoms with Crippen LogP contribution in [0.25, 0.3) is 11.1 Å². The summed E-state index contributed by atoms with van der Waals surface area (Å²) in [5.74, 6) is 0.649. The highest BCUT2D eigenvalue weighted by atomic mass is 16.5. The van der Waals surface area contributed by atoms with E-state index < -0.39 is 0 Å². The standard InChI is InChI=1S/C32H40N2O3/c1-7-36-29(35)20-27-23(3)33-24(4)30(31(27)34-17-15-32(5,6)16-18-34)26-14-13-22(2)28(19-26)37-21-25-11-9-8-10-12-25/h8-14,19H,7,15-18,20-21H2,1-6H3. The first-order chi connectivity index (χ1) is 17.7. The fourth-order valence-electron chi connectivity index (χ4n) is 5.11. The van der Waals surface area contributed by atoms with Crippen molar-refractivity contribution in [1.29, 1.82) is 0 Å². The fourth-order valence-corrected chi connectivity index (χ4v) is 5.11. The third kappa shape index (κ3) is 6.33. The Kier molecular flexibility index (Phi) is 8.21. The van der Waals surface area contributed by atoms with Crippen LogP contribution in [-0.2, 0) is 22.6 Å². The summed E-state index contributed by atoms with van der Waals surface area (Å²) in [6.45, 7) is 15.4. The normalized spacial score (nSPS) is 14.9. The molecular weight excluding hydrogens is 460 g/mol. The number of benzene rings is 2. The number of carbonyl (C=O) groups excluding carboxylic acids is 1. The molecule has 4 rings (SSSR count). The molecule has 0 unspecified atom stereocenters.